The molecule has 3 aromatic rings. The number of carboxylic acid groups (broad SMARTS) is 2. The van der Waals surface area contributed by atoms with Gasteiger partial charge in [-0.15, -0.1) is 0 Å². The van der Waals surface area contributed by atoms with Crippen molar-refractivity contribution in [2.24, 2.45) is 0 Å². The van der Waals surface area contributed by atoms with Gasteiger partial charge in [0.05, 0.1) is 11.1 Å². The number of pyridine rings is 2. The molecular formula is C18H13N3O5. The third-order valence-corrected chi connectivity index (χ3v) is 4.45. The van der Waals surface area contributed by atoms with E-state index in [1.165, 1.54) is 6.20 Å². The Morgan fingerprint density at radius 1 is 1.08 bits per heavy atom. The van der Waals surface area contributed by atoms with Crippen molar-refractivity contribution >= 4 is 28.8 Å². The lowest BCUT2D eigenvalue weighted by atomic mass is 10.1. The largest absolute Gasteiger partial charge is 0.480 e. The van der Waals surface area contributed by atoms with Crippen molar-refractivity contribution in [2.75, 3.05) is 4.90 Å². The highest BCUT2D eigenvalue weighted by molar-refractivity contribution is 5.99. The van der Waals surface area contributed by atoms with Gasteiger partial charge in [0.15, 0.2) is 0 Å². The van der Waals surface area contributed by atoms with E-state index in [-0.39, 0.29) is 17.5 Å². The number of carboxylic acids is 1. The van der Waals surface area contributed by atoms with Gasteiger partial charge < -0.3 is 10.2 Å². The molecule has 8 heteroatoms. The van der Waals surface area contributed by atoms with E-state index in [4.69, 9.17) is 0 Å². The molecule has 0 saturated heterocycles. The fourth-order valence-corrected chi connectivity index (χ4v) is 3.39. The number of rotatable bonds is 2. The minimum absolute atomic E-state index is 0.117. The number of aromatic nitrogens is 2. The zero-order valence-corrected chi connectivity index (χ0v) is 13.4. The fraction of sp³-hybridized carbons (Fsp3) is 0.111. The summed E-state index contributed by atoms with van der Waals surface area (Å²) in [5.41, 5.74) is 0.681. The van der Waals surface area contributed by atoms with Crippen LogP contribution in [0.5, 0.6) is 0 Å². The van der Waals surface area contributed by atoms with E-state index in [1.807, 2.05) is 6.07 Å². The van der Waals surface area contributed by atoms with Gasteiger partial charge in [-0.25, -0.2) is 14.6 Å². The summed E-state index contributed by atoms with van der Waals surface area (Å²) < 4.78 is 1.66. The van der Waals surface area contributed by atoms with Crippen LogP contribution in [0.3, 0.4) is 0 Å². The molecule has 1 amide bonds. The van der Waals surface area contributed by atoms with Crippen LogP contribution in [0.1, 0.15) is 5.69 Å². The first-order valence-electron chi connectivity index (χ1n) is 7.83. The molecule has 1 aliphatic heterocycles. The third-order valence-electron chi connectivity index (χ3n) is 4.45. The first-order valence-corrected chi connectivity index (χ1v) is 7.83. The standard InChI is InChI=1S/C18H13N3O5/c22-15-11-7-4-8-19-16(11)20(10-5-2-1-3-6-10)12-9-13(17(23)24)21(14(12)15)18(25)26/h1-8,13H,9H2,(H,23,24)(H,25,26). The highest BCUT2D eigenvalue weighted by Gasteiger charge is 2.43. The topological polar surface area (TPSA) is 113 Å². The number of benzene rings is 1. The van der Waals surface area contributed by atoms with Crippen LogP contribution in [0.4, 0.5) is 10.5 Å². The first-order chi connectivity index (χ1) is 12.5. The summed E-state index contributed by atoms with van der Waals surface area (Å²) in [6.07, 6.45) is -0.0593. The Morgan fingerprint density at radius 3 is 2.46 bits per heavy atom. The highest BCUT2D eigenvalue weighted by Crippen LogP contribution is 2.34. The van der Waals surface area contributed by atoms with E-state index in [0.717, 1.165) is 0 Å². The van der Waals surface area contributed by atoms with Gasteiger partial charge in [-0.2, -0.15) is 0 Å². The van der Waals surface area contributed by atoms with Crippen molar-refractivity contribution in [3.63, 3.8) is 0 Å². The van der Waals surface area contributed by atoms with E-state index in [1.54, 1.807) is 41.0 Å². The molecule has 1 unspecified atom stereocenters. The summed E-state index contributed by atoms with van der Waals surface area (Å²) in [6.45, 7) is 0. The Morgan fingerprint density at radius 2 is 1.81 bits per heavy atom. The van der Waals surface area contributed by atoms with Crippen LogP contribution in [0, 0.1) is 0 Å². The molecule has 0 fully saturated rings. The molecule has 0 saturated carbocycles. The predicted octanol–water partition coefficient (Wildman–Crippen LogP) is 1.88. The van der Waals surface area contributed by atoms with E-state index in [9.17, 15) is 24.6 Å². The molecule has 1 aliphatic rings. The number of amides is 1. The Hall–Kier alpha value is -3.68. The Bertz CT molecular complexity index is 1110. The van der Waals surface area contributed by atoms with E-state index in [2.05, 4.69) is 4.98 Å². The van der Waals surface area contributed by atoms with Gasteiger partial charge in [0, 0.05) is 18.3 Å². The molecule has 0 bridgehead atoms. The number of anilines is 1. The van der Waals surface area contributed by atoms with Gasteiger partial charge in [-0.3, -0.25) is 14.3 Å². The molecule has 130 valence electrons. The van der Waals surface area contributed by atoms with Crippen LogP contribution < -0.4 is 10.3 Å². The molecular weight excluding hydrogens is 338 g/mol. The fourth-order valence-electron chi connectivity index (χ4n) is 3.39. The minimum Gasteiger partial charge on any atom is -0.480 e. The van der Waals surface area contributed by atoms with Crippen LogP contribution in [0.25, 0.3) is 16.7 Å². The molecule has 0 radical (unpaired) electrons. The normalized spacial score (nSPS) is 15.8. The molecule has 26 heavy (non-hydrogen) atoms. The molecule has 2 N–H and O–H groups in total. The van der Waals surface area contributed by atoms with Crippen molar-refractivity contribution in [3.05, 3.63) is 64.6 Å². The second-order valence-electron chi connectivity index (χ2n) is 5.88. The molecule has 0 spiro atoms. The summed E-state index contributed by atoms with van der Waals surface area (Å²) in [6, 6.07) is 10.8. The molecule has 1 aromatic carbocycles. The average Bonchev–Trinajstić information content (AvgIpc) is 3.04. The number of carbonyl (C=O) groups is 2. The lowest BCUT2D eigenvalue weighted by Gasteiger charge is -2.19. The van der Waals surface area contributed by atoms with Crippen molar-refractivity contribution in [2.45, 2.75) is 12.5 Å². The van der Waals surface area contributed by atoms with Crippen LogP contribution in [0.2, 0.25) is 0 Å². The van der Waals surface area contributed by atoms with E-state index >= 15 is 0 Å². The Labute approximate surface area is 146 Å². The zero-order valence-electron chi connectivity index (χ0n) is 13.4. The highest BCUT2D eigenvalue weighted by atomic mass is 16.4. The average molecular weight is 351 g/mol. The number of hydrogen-bond donors (Lipinski definition) is 2. The maximum atomic E-state index is 12.9. The summed E-state index contributed by atoms with van der Waals surface area (Å²) in [7, 11) is 0. The lowest BCUT2D eigenvalue weighted by Crippen LogP contribution is -2.43. The summed E-state index contributed by atoms with van der Waals surface area (Å²) in [5.74, 6) is -1.31. The second kappa shape index (κ2) is 5.69. The van der Waals surface area contributed by atoms with Gasteiger partial charge in [0.1, 0.15) is 17.4 Å². The van der Waals surface area contributed by atoms with Crippen LogP contribution >= 0.6 is 0 Å². The number of nitrogens with zero attached hydrogens (tertiary/aromatic N) is 3. The van der Waals surface area contributed by atoms with E-state index in [0.29, 0.717) is 21.9 Å². The number of para-hydroxylation sites is 1. The molecule has 4 rings (SSSR count). The SMILES string of the molecule is O=C(O)C1Cc2c(c(=O)c3cccnc3n2-c2ccccc2)N1C(=O)O. The van der Waals surface area contributed by atoms with Gasteiger partial charge in [0.25, 0.3) is 0 Å². The number of aliphatic carboxylic acids is 1. The van der Waals surface area contributed by atoms with E-state index < -0.39 is 23.5 Å². The summed E-state index contributed by atoms with van der Waals surface area (Å²) in [5, 5.41) is 19.2. The zero-order chi connectivity index (χ0) is 18.4. The monoisotopic (exact) mass is 351 g/mol. The first kappa shape index (κ1) is 15.8. The number of hydrogen-bond acceptors (Lipinski definition) is 4. The van der Waals surface area contributed by atoms with Crippen LogP contribution in [0.15, 0.2) is 53.5 Å². The van der Waals surface area contributed by atoms with Gasteiger partial charge in [0.2, 0.25) is 5.43 Å². The summed E-state index contributed by atoms with van der Waals surface area (Å²) >= 11 is 0. The van der Waals surface area contributed by atoms with Crippen molar-refractivity contribution in [3.8, 4) is 5.69 Å². The quantitative estimate of drug-likeness (QED) is 0.729. The van der Waals surface area contributed by atoms with Crippen molar-refractivity contribution < 1.29 is 19.8 Å². The third kappa shape index (κ3) is 2.16. The summed E-state index contributed by atoms with van der Waals surface area (Å²) in [4.78, 5) is 41.2. The van der Waals surface area contributed by atoms with Gasteiger partial charge >= 0.3 is 12.1 Å². The maximum Gasteiger partial charge on any atom is 0.412 e. The molecule has 1 atom stereocenters. The molecule has 8 nitrogen and oxygen atoms in total. The molecule has 3 heterocycles. The smallest absolute Gasteiger partial charge is 0.412 e. The van der Waals surface area contributed by atoms with Gasteiger partial charge in [-0.1, -0.05) is 18.2 Å². The lowest BCUT2D eigenvalue weighted by molar-refractivity contribution is -0.138. The predicted molar refractivity (Wildman–Crippen MR) is 93.0 cm³/mol. The van der Waals surface area contributed by atoms with Crippen molar-refractivity contribution in [1.82, 2.24) is 9.55 Å². The van der Waals surface area contributed by atoms with Crippen molar-refractivity contribution in [1.29, 1.82) is 0 Å². The Kier molecular flexibility index (Phi) is 3.47. The molecule has 0 aliphatic carbocycles. The maximum absolute atomic E-state index is 12.9. The van der Waals surface area contributed by atoms with Gasteiger partial charge in [-0.05, 0) is 24.3 Å². The van der Waals surface area contributed by atoms with Crippen LogP contribution in [-0.2, 0) is 11.2 Å². The number of fused-ring (bicyclic) bond motifs is 2. The molecule has 2 aromatic heterocycles. The second-order valence-corrected chi connectivity index (χ2v) is 5.88. The Balaban J connectivity index is 2.15. The van der Waals surface area contributed by atoms with Crippen LogP contribution in [-0.4, -0.2) is 37.9 Å². The minimum atomic E-state index is -1.48.